The van der Waals surface area contributed by atoms with Crippen molar-refractivity contribution in [2.45, 2.75) is 24.3 Å². The average molecular weight is 280 g/mol. The number of nitrogens with zero attached hydrogens (tertiary/aromatic N) is 2. The van der Waals surface area contributed by atoms with E-state index in [1.54, 1.807) is 26.1 Å². The van der Waals surface area contributed by atoms with Crippen LogP contribution in [0.3, 0.4) is 0 Å². The summed E-state index contributed by atoms with van der Waals surface area (Å²) in [6.07, 6.45) is 0.713. The minimum absolute atomic E-state index is 0.110. The van der Waals surface area contributed by atoms with Gasteiger partial charge in [-0.2, -0.15) is 9.57 Å². The smallest absolute Gasteiger partial charge is 0.243 e. The molecule has 1 aromatic rings. The molecule has 0 aromatic heterocycles. The summed E-state index contributed by atoms with van der Waals surface area (Å²) in [5, 5.41) is 8.87. The van der Waals surface area contributed by atoms with Crippen LogP contribution in [0.15, 0.2) is 23.1 Å². The zero-order valence-corrected chi connectivity index (χ0v) is 11.8. The molecule has 0 amide bonds. The van der Waals surface area contributed by atoms with Crippen LogP contribution >= 0.6 is 0 Å². The Morgan fingerprint density at radius 3 is 2.74 bits per heavy atom. The molecule has 1 aromatic carbocycles. The number of rotatable bonds is 3. The summed E-state index contributed by atoms with van der Waals surface area (Å²) >= 11 is 0. The van der Waals surface area contributed by atoms with Gasteiger partial charge in [-0.3, -0.25) is 0 Å². The third-order valence-electron chi connectivity index (χ3n) is 3.42. The fourth-order valence-electron chi connectivity index (χ4n) is 2.09. The van der Waals surface area contributed by atoms with E-state index in [4.69, 9.17) is 10.00 Å². The van der Waals surface area contributed by atoms with Crippen LogP contribution in [-0.4, -0.2) is 39.0 Å². The maximum atomic E-state index is 12.5. The molecule has 0 spiro atoms. The number of sulfonamides is 1. The summed E-state index contributed by atoms with van der Waals surface area (Å²) < 4.78 is 31.5. The van der Waals surface area contributed by atoms with Crippen molar-refractivity contribution in [2.75, 3.05) is 20.3 Å². The molecule has 0 saturated carbocycles. The van der Waals surface area contributed by atoms with Crippen LogP contribution < -0.4 is 0 Å². The average Bonchev–Trinajstić information content (AvgIpc) is 2.91. The third-order valence-corrected chi connectivity index (χ3v) is 5.32. The second-order valence-electron chi connectivity index (χ2n) is 4.63. The molecule has 19 heavy (non-hydrogen) atoms. The van der Waals surface area contributed by atoms with Crippen molar-refractivity contribution in [3.63, 3.8) is 0 Å². The van der Waals surface area contributed by atoms with E-state index in [9.17, 15) is 8.42 Å². The molecule has 6 heteroatoms. The van der Waals surface area contributed by atoms with Gasteiger partial charge < -0.3 is 4.74 Å². The molecule has 0 bridgehead atoms. The van der Waals surface area contributed by atoms with E-state index in [0.717, 1.165) is 0 Å². The lowest BCUT2D eigenvalue weighted by molar-refractivity contribution is 0.181. The summed E-state index contributed by atoms with van der Waals surface area (Å²) in [6, 6.07) is 6.48. The standard InChI is InChI=1S/C13H16N2O3S/c1-10-7-13(4-3-11(10)8-14)19(16,17)15(2)12-5-6-18-9-12/h3-4,7,12H,5-6,9H2,1-2H3. The van der Waals surface area contributed by atoms with Crippen LogP contribution in [0.1, 0.15) is 17.5 Å². The van der Waals surface area contributed by atoms with Crippen molar-refractivity contribution in [2.24, 2.45) is 0 Å². The monoisotopic (exact) mass is 280 g/mol. The van der Waals surface area contributed by atoms with Crippen LogP contribution in [0.2, 0.25) is 0 Å². The molecule has 5 nitrogen and oxygen atoms in total. The highest BCUT2D eigenvalue weighted by molar-refractivity contribution is 7.89. The van der Waals surface area contributed by atoms with E-state index in [1.165, 1.54) is 10.4 Å². The van der Waals surface area contributed by atoms with Crippen LogP contribution in [0, 0.1) is 18.3 Å². The normalized spacial score (nSPS) is 19.6. The van der Waals surface area contributed by atoms with E-state index in [1.807, 2.05) is 6.07 Å². The van der Waals surface area contributed by atoms with E-state index < -0.39 is 10.0 Å². The molecule has 0 aliphatic carbocycles. The maximum absolute atomic E-state index is 12.5. The van der Waals surface area contributed by atoms with Crippen molar-refractivity contribution < 1.29 is 13.2 Å². The molecule has 2 rings (SSSR count). The largest absolute Gasteiger partial charge is 0.380 e. The highest BCUT2D eigenvalue weighted by Crippen LogP contribution is 2.22. The van der Waals surface area contributed by atoms with E-state index in [2.05, 4.69) is 0 Å². The van der Waals surface area contributed by atoms with Crippen molar-refractivity contribution in [1.29, 1.82) is 5.26 Å². The van der Waals surface area contributed by atoms with Gasteiger partial charge in [-0.05, 0) is 37.1 Å². The van der Waals surface area contributed by atoms with E-state index >= 15 is 0 Å². The number of aryl methyl sites for hydroxylation is 1. The topological polar surface area (TPSA) is 70.4 Å². The van der Waals surface area contributed by atoms with Gasteiger partial charge in [-0.1, -0.05) is 0 Å². The van der Waals surface area contributed by atoms with Gasteiger partial charge in [0.2, 0.25) is 10.0 Å². The van der Waals surface area contributed by atoms with Crippen molar-refractivity contribution in [3.8, 4) is 6.07 Å². The second kappa shape index (κ2) is 5.29. The number of nitriles is 1. The van der Waals surface area contributed by atoms with Gasteiger partial charge in [-0.25, -0.2) is 8.42 Å². The molecule has 1 aliphatic rings. The SMILES string of the molecule is Cc1cc(S(=O)(=O)N(C)C2CCOC2)ccc1C#N. The first-order valence-electron chi connectivity index (χ1n) is 6.03. The predicted octanol–water partition coefficient (Wildman–Crippen LogP) is 1.28. The van der Waals surface area contributed by atoms with Crippen LogP contribution in [0.25, 0.3) is 0 Å². The zero-order valence-electron chi connectivity index (χ0n) is 11.0. The van der Waals surface area contributed by atoms with Gasteiger partial charge in [0.05, 0.1) is 29.2 Å². The van der Waals surface area contributed by atoms with Crippen molar-refractivity contribution >= 4 is 10.0 Å². The van der Waals surface area contributed by atoms with Gasteiger partial charge in [-0.15, -0.1) is 0 Å². The lowest BCUT2D eigenvalue weighted by Crippen LogP contribution is -2.37. The summed E-state index contributed by atoms with van der Waals surface area (Å²) in [5.74, 6) is 0. The Bertz CT molecular complexity index is 613. The fraction of sp³-hybridized carbons (Fsp3) is 0.462. The molecular weight excluding hydrogens is 264 g/mol. The number of hydrogen-bond acceptors (Lipinski definition) is 4. The number of likely N-dealkylation sites (N-methyl/N-ethyl adjacent to an activating group) is 1. The molecule has 1 atom stereocenters. The molecule has 0 radical (unpaired) electrons. The van der Waals surface area contributed by atoms with Gasteiger partial charge in [0.15, 0.2) is 0 Å². The lowest BCUT2D eigenvalue weighted by atomic mass is 10.1. The first kappa shape index (κ1) is 14.0. The van der Waals surface area contributed by atoms with Crippen LogP contribution in [0.4, 0.5) is 0 Å². The zero-order chi connectivity index (χ0) is 14.0. The third kappa shape index (κ3) is 2.63. The van der Waals surface area contributed by atoms with Crippen LogP contribution in [0.5, 0.6) is 0 Å². The minimum Gasteiger partial charge on any atom is -0.380 e. The summed E-state index contributed by atoms with van der Waals surface area (Å²) in [5.41, 5.74) is 1.16. The Balaban J connectivity index is 2.34. The van der Waals surface area contributed by atoms with Gasteiger partial charge in [0.1, 0.15) is 0 Å². The Kier molecular flexibility index (Phi) is 3.90. The fourth-order valence-corrected chi connectivity index (χ4v) is 3.55. The Morgan fingerprint density at radius 1 is 1.47 bits per heavy atom. The number of hydrogen-bond donors (Lipinski definition) is 0. The van der Waals surface area contributed by atoms with Gasteiger partial charge in [0, 0.05) is 13.7 Å². The number of benzene rings is 1. The van der Waals surface area contributed by atoms with Crippen molar-refractivity contribution in [1.82, 2.24) is 4.31 Å². The van der Waals surface area contributed by atoms with Gasteiger partial charge in [0.25, 0.3) is 0 Å². The highest BCUT2D eigenvalue weighted by Gasteiger charge is 2.30. The Morgan fingerprint density at radius 2 is 2.21 bits per heavy atom. The Labute approximate surface area is 113 Å². The first-order valence-corrected chi connectivity index (χ1v) is 7.47. The molecule has 1 aliphatic heterocycles. The molecule has 1 fully saturated rings. The molecule has 1 heterocycles. The van der Waals surface area contributed by atoms with E-state index in [-0.39, 0.29) is 10.9 Å². The first-order chi connectivity index (χ1) is 8.96. The lowest BCUT2D eigenvalue weighted by Gasteiger charge is -2.22. The highest BCUT2D eigenvalue weighted by atomic mass is 32.2. The minimum atomic E-state index is -3.53. The molecule has 1 saturated heterocycles. The van der Waals surface area contributed by atoms with Gasteiger partial charge >= 0.3 is 0 Å². The maximum Gasteiger partial charge on any atom is 0.243 e. The van der Waals surface area contributed by atoms with Crippen LogP contribution in [-0.2, 0) is 14.8 Å². The second-order valence-corrected chi connectivity index (χ2v) is 6.62. The van der Waals surface area contributed by atoms with E-state index in [0.29, 0.717) is 30.8 Å². The molecular formula is C13H16N2O3S. The summed E-state index contributed by atoms with van der Waals surface area (Å²) in [7, 11) is -1.95. The predicted molar refractivity (Wildman–Crippen MR) is 70.1 cm³/mol. The quantitative estimate of drug-likeness (QED) is 0.836. The molecule has 1 unspecified atom stereocenters. The molecule has 102 valence electrons. The Hall–Kier alpha value is -1.42. The summed E-state index contributed by atoms with van der Waals surface area (Å²) in [4.78, 5) is 0.221. The molecule has 0 N–H and O–H groups in total. The number of ether oxygens (including phenoxy) is 1. The summed E-state index contributed by atoms with van der Waals surface area (Å²) in [6.45, 7) is 2.76. The van der Waals surface area contributed by atoms with Crippen molar-refractivity contribution in [3.05, 3.63) is 29.3 Å².